The molecule has 1 aliphatic rings. The van der Waals surface area contributed by atoms with Gasteiger partial charge < -0.3 is 9.64 Å². The van der Waals surface area contributed by atoms with Gasteiger partial charge in [0.25, 0.3) is 0 Å². The average molecular weight is 416 g/mol. The van der Waals surface area contributed by atoms with E-state index in [2.05, 4.69) is 17.1 Å². The number of imidazole rings is 1. The molecule has 1 atom stereocenters. The number of hydrogen-bond acceptors (Lipinski definition) is 4. The monoisotopic (exact) mass is 415 g/mol. The second kappa shape index (κ2) is 8.37. The number of benzene rings is 1. The Morgan fingerprint density at radius 2 is 2.11 bits per heavy atom. The van der Waals surface area contributed by atoms with Crippen LogP contribution >= 0.6 is 22.9 Å². The van der Waals surface area contributed by atoms with Crippen LogP contribution in [0.5, 0.6) is 5.75 Å². The molecular weight excluding hydrogens is 394 g/mol. The number of aromatic nitrogens is 2. The van der Waals surface area contributed by atoms with E-state index in [4.69, 9.17) is 16.3 Å². The van der Waals surface area contributed by atoms with Crippen LogP contribution in [0.25, 0.3) is 11.0 Å². The summed E-state index contributed by atoms with van der Waals surface area (Å²) in [5.74, 6) is 0.828. The zero-order valence-corrected chi connectivity index (χ0v) is 17.2. The van der Waals surface area contributed by atoms with Gasteiger partial charge in [-0.2, -0.15) is 0 Å². The Balaban J connectivity index is 1.59. The molecule has 1 fully saturated rings. The normalized spacial score (nSPS) is 17.9. The molecule has 1 aliphatic heterocycles. The summed E-state index contributed by atoms with van der Waals surface area (Å²) in [6.07, 6.45) is 9.55. The van der Waals surface area contributed by atoms with E-state index in [1.165, 1.54) is 11.3 Å². The zero-order valence-electron chi connectivity index (χ0n) is 15.7. The third-order valence-electron chi connectivity index (χ3n) is 5.17. The number of rotatable bonds is 4. The summed E-state index contributed by atoms with van der Waals surface area (Å²) in [5.41, 5.74) is 1.88. The van der Waals surface area contributed by atoms with Crippen molar-refractivity contribution >= 4 is 39.9 Å². The second-order valence-electron chi connectivity index (χ2n) is 6.85. The maximum atomic E-state index is 13.1. The van der Waals surface area contributed by atoms with Crippen molar-refractivity contribution in [3.05, 3.63) is 58.3 Å². The van der Waals surface area contributed by atoms with Gasteiger partial charge in [-0.15, -0.1) is 11.3 Å². The topological polar surface area (TPSA) is 46.8 Å². The Labute approximate surface area is 173 Å². The predicted octanol–water partition coefficient (Wildman–Crippen LogP) is 5.21. The number of carbonyl (C=O) groups excluding carboxylic acids is 1. The van der Waals surface area contributed by atoms with Gasteiger partial charge in [-0.05, 0) is 36.6 Å². The number of nitrogens with zero attached hydrogens (tertiary/aromatic N) is 3. The Bertz CT molecular complexity index is 993. The molecule has 2 aromatic heterocycles. The lowest BCUT2D eigenvalue weighted by atomic mass is 10.0. The highest BCUT2D eigenvalue weighted by atomic mass is 35.5. The van der Waals surface area contributed by atoms with Crippen LogP contribution in [0.2, 0.25) is 5.15 Å². The minimum Gasteiger partial charge on any atom is -0.497 e. The third-order valence-corrected chi connectivity index (χ3v) is 6.21. The Morgan fingerprint density at radius 1 is 1.29 bits per heavy atom. The molecule has 3 heterocycles. The Hall–Kier alpha value is -2.31. The van der Waals surface area contributed by atoms with Crippen molar-refractivity contribution in [1.82, 2.24) is 14.3 Å². The fourth-order valence-electron chi connectivity index (χ4n) is 3.72. The van der Waals surface area contributed by atoms with E-state index >= 15 is 0 Å². The highest BCUT2D eigenvalue weighted by molar-refractivity contribution is 7.15. The number of halogens is 1. The lowest BCUT2D eigenvalue weighted by Crippen LogP contribution is -2.33. The molecule has 1 amide bonds. The summed E-state index contributed by atoms with van der Waals surface area (Å²) < 4.78 is 7.17. The number of likely N-dealkylation sites (tertiary alicyclic amines) is 1. The molecule has 5 nitrogen and oxygen atoms in total. The van der Waals surface area contributed by atoms with Crippen LogP contribution in [0.15, 0.2) is 41.9 Å². The van der Waals surface area contributed by atoms with Gasteiger partial charge in [0.05, 0.1) is 18.8 Å². The molecule has 28 heavy (non-hydrogen) atoms. The van der Waals surface area contributed by atoms with Crippen molar-refractivity contribution in [3.8, 4) is 5.75 Å². The first kappa shape index (κ1) is 19.0. The molecule has 0 aliphatic carbocycles. The highest BCUT2D eigenvalue weighted by Crippen LogP contribution is 2.31. The van der Waals surface area contributed by atoms with E-state index in [-0.39, 0.29) is 11.9 Å². The summed E-state index contributed by atoms with van der Waals surface area (Å²) in [7, 11) is 1.66. The lowest BCUT2D eigenvalue weighted by Gasteiger charge is -2.29. The van der Waals surface area contributed by atoms with Gasteiger partial charge in [-0.1, -0.05) is 36.6 Å². The third kappa shape index (κ3) is 3.80. The van der Waals surface area contributed by atoms with E-state index in [9.17, 15) is 4.79 Å². The molecule has 1 saturated heterocycles. The number of methoxy groups -OCH3 is 1. The van der Waals surface area contributed by atoms with Crippen molar-refractivity contribution in [3.63, 3.8) is 0 Å². The summed E-state index contributed by atoms with van der Waals surface area (Å²) in [4.78, 5) is 20.2. The van der Waals surface area contributed by atoms with E-state index in [1.54, 1.807) is 19.3 Å². The summed E-state index contributed by atoms with van der Waals surface area (Å²) in [6.45, 7) is 0.758. The number of hydrogen-bond donors (Lipinski definition) is 0. The number of thiazole rings is 1. The highest BCUT2D eigenvalue weighted by Gasteiger charge is 2.25. The molecule has 0 radical (unpaired) electrons. The predicted molar refractivity (Wildman–Crippen MR) is 113 cm³/mol. The van der Waals surface area contributed by atoms with Gasteiger partial charge in [0.2, 0.25) is 5.91 Å². The maximum Gasteiger partial charge on any atom is 0.247 e. The van der Waals surface area contributed by atoms with Gasteiger partial charge in [-0.25, -0.2) is 4.98 Å². The van der Waals surface area contributed by atoms with Crippen molar-refractivity contribution in [2.24, 2.45) is 0 Å². The summed E-state index contributed by atoms with van der Waals surface area (Å²) in [5, 5.41) is 2.37. The van der Waals surface area contributed by atoms with Crippen molar-refractivity contribution in [1.29, 1.82) is 0 Å². The molecular formula is C21H22ClN3O2S. The first-order valence-electron chi connectivity index (χ1n) is 9.41. The number of amides is 1. The largest absolute Gasteiger partial charge is 0.497 e. The average Bonchev–Trinajstić information content (AvgIpc) is 3.17. The van der Waals surface area contributed by atoms with Gasteiger partial charge in [-0.3, -0.25) is 9.20 Å². The Kier molecular flexibility index (Phi) is 5.69. The quantitative estimate of drug-likeness (QED) is 0.549. The number of fused-ring (bicyclic) bond motifs is 1. The van der Waals surface area contributed by atoms with Gasteiger partial charge in [0.1, 0.15) is 5.75 Å². The van der Waals surface area contributed by atoms with E-state index < -0.39 is 0 Å². The molecule has 0 unspecified atom stereocenters. The molecule has 0 spiro atoms. The van der Waals surface area contributed by atoms with E-state index in [1.807, 2.05) is 33.0 Å². The van der Waals surface area contributed by atoms with Crippen LogP contribution in [0.3, 0.4) is 0 Å². The number of ether oxygens (including phenoxy) is 1. The summed E-state index contributed by atoms with van der Waals surface area (Å²) >= 11 is 7.76. The second-order valence-corrected chi connectivity index (χ2v) is 8.08. The van der Waals surface area contributed by atoms with Crippen LogP contribution in [0, 0.1) is 0 Å². The van der Waals surface area contributed by atoms with Crippen molar-refractivity contribution < 1.29 is 9.53 Å². The van der Waals surface area contributed by atoms with Gasteiger partial charge in [0.15, 0.2) is 10.1 Å². The van der Waals surface area contributed by atoms with Crippen molar-refractivity contribution in [2.45, 2.75) is 31.7 Å². The van der Waals surface area contributed by atoms with Crippen molar-refractivity contribution in [2.75, 3.05) is 13.7 Å². The molecule has 4 rings (SSSR count). The van der Waals surface area contributed by atoms with Crippen LogP contribution in [-0.4, -0.2) is 33.8 Å². The molecule has 0 N–H and O–H groups in total. The fourth-order valence-corrected chi connectivity index (χ4v) is 4.72. The molecule has 1 aromatic carbocycles. The zero-order chi connectivity index (χ0) is 19.5. The molecule has 0 saturated carbocycles. The SMILES string of the molecule is COc1ccc([C@H]2CCCCCN2C(=O)/C=C/c2c(Cl)nc3sccn23)cc1. The van der Waals surface area contributed by atoms with E-state index in [0.29, 0.717) is 5.15 Å². The van der Waals surface area contributed by atoms with Crippen LogP contribution in [-0.2, 0) is 4.79 Å². The van der Waals surface area contributed by atoms with E-state index in [0.717, 1.165) is 54.2 Å². The number of carbonyl (C=O) groups is 1. The molecule has 3 aromatic rings. The van der Waals surface area contributed by atoms with Gasteiger partial charge in [0, 0.05) is 24.2 Å². The lowest BCUT2D eigenvalue weighted by molar-refractivity contribution is -0.128. The fraction of sp³-hybridized carbons (Fsp3) is 0.333. The van der Waals surface area contributed by atoms with Crippen LogP contribution < -0.4 is 4.74 Å². The summed E-state index contributed by atoms with van der Waals surface area (Å²) in [6, 6.07) is 8.10. The maximum absolute atomic E-state index is 13.1. The minimum atomic E-state index is 0.00367. The first-order chi connectivity index (χ1) is 13.7. The van der Waals surface area contributed by atoms with Crippen LogP contribution in [0.4, 0.5) is 0 Å². The van der Waals surface area contributed by atoms with Gasteiger partial charge >= 0.3 is 0 Å². The molecule has 0 bridgehead atoms. The first-order valence-corrected chi connectivity index (χ1v) is 10.7. The minimum absolute atomic E-state index is 0.00367. The smallest absolute Gasteiger partial charge is 0.247 e. The standard InChI is InChI=1S/C21H22ClN3O2S/c1-27-16-8-6-15(7-9-16)17-5-3-2-4-12-24(17)19(26)11-10-18-20(22)23-21-25(18)13-14-28-21/h6-11,13-14,17H,2-5,12H2,1H3/b11-10+/t17-/m1/s1. The molecule has 7 heteroatoms. The Morgan fingerprint density at radius 3 is 2.89 bits per heavy atom. The van der Waals surface area contributed by atoms with Crippen LogP contribution in [0.1, 0.15) is 43.0 Å². The molecule has 146 valence electrons.